The zero-order valence-electron chi connectivity index (χ0n) is 23.3. The molecule has 0 saturated carbocycles. The normalized spacial score (nSPS) is 27.7. The fourth-order valence-electron chi connectivity index (χ4n) is 6.75. The van der Waals surface area contributed by atoms with E-state index in [1.165, 1.54) is 4.90 Å². The van der Waals surface area contributed by atoms with Gasteiger partial charge in [-0.2, -0.15) is 0 Å². The summed E-state index contributed by atoms with van der Waals surface area (Å²) in [5.41, 5.74) is -0.509. The summed E-state index contributed by atoms with van der Waals surface area (Å²) in [6.07, 6.45) is 5.20. The fourth-order valence-corrected chi connectivity index (χ4v) is 6.75. The van der Waals surface area contributed by atoms with Crippen LogP contribution in [0.5, 0.6) is 5.75 Å². The predicted molar refractivity (Wildman–Crippen MR) is 148 cm³/mol. The molecule has 0 radical (unpaired) electrons. The number of likely N-dealkylation sites (tertiary alicyclic amines) is 1. The minimum absolute atomic E-state index is 0.134. The average molecular weight is 540 g/mol. The van der Waals surface area contributed by atoms with Crippen molar-refractivity contribution in [3.63, 3.8) is 0 Å². The molecule has 2 unspecified atom stereocenters. The quantitative estimate of drug-likeness (QED) is 0.387. The van der Waals surface area contributed by atoms with Crippen molar-refractivity contribution in [1.82, 2.24) is 9.80 Å². The summed E-state index contributed by atoms with van der Waals surface area (Å²) in [6.45, 7) is 12.4. The number of rotatable bonds is 13. The van der Waals surface area contributed by atoms with Crippen LogP contribution in [0.3, 0.4) is 0 Å². The number of carbonyl (C=O) groups is 3. The van der Waals surface area contributed by atoms with Gasteiger partial charge in [0.2, 0.25) is 11.8 Å². The number of hydrogen-bond donors (Lipinski definition) is 1. The van der Waals surface area contributed by atoms with Crippen LogP contribution in [0.1, 0.15) is 39.5 Å². The number of benzene rings is 1. The molecule has 0 aromatic heterocycles. The smallest absolute Gasteiger partial charge is 0.253 e. The van der Waals surface area contributed by atoms with Gasteiger partial charge in [-0.25, -0.2) is 0 Å². The minimum atomic E-state index is -1.14. The van der Waals surface area contributed by atoms with E-state index in [-0.39, 0.29) is 30.9 Å². The Morgan fingerprint density at radius 1 is 1.21 bits per heavy atom. The number of nitrogens with zero attached hydrogens (tertiary/aromatic N) is 3. The molecule has 3 amide bonds. The molecule has 0 aliphatic carbocycles. The van der Waals surface area contributed by atoms with E-state index in [2.05, 4.69) is 13.2 Å². The van der Waals surface area contributed by atoms with Gasteiger partial charge in [0.25, 0.3) is 5.91 Å². The molecule has 9 heteroatoms. The number of ether oxygens (including phenoxy) is 2. The van der Waals surface area contributed by atoms with Gasteiger partial charge in [0.1, 0.15) is 17.4 Å². The number of aliphatic hydroxyl groups excluding tert-OH is 1. The zero-order chi connectivity index (χ0) is 28.3. The van der Waals surface area contributed by atoms with Crippen LogP contribution < -0.4 is 9.64 Å². The van der Waals surface area contributed by atoms with E-state index >= 15 is 0 Å². The first-order valence-electron chi connectivity index (χ1n) is 13.9. The summed E-state index contributed by atoms with van der Waals surface area (Å²) in [5.74, 6) is -1.55. The lowest BCUT2D eigenvalue weighted by molar-refractivity contribution is -0.147. The lowest BCUT2D eigenvalue weighted by atomic mass is 9.70. The van der Waals surface area contributed by atoms with Crippen molar-refractivity contribution >= 4 is 23.4 Å². The van der Waals surface area contributed by atoms with Crippen molar-refractivity contribution in [3.8, 4) is 5.75 Å². The summed E-state index contributed by atoms with van der Waals surface area (Å²) >= 11 is 0. The van der Waals surface area contributed by atoms with E-state index < -0.39 is 35.6 Å². The third-order valence-corrected chi connectivity index (χ3v) is 8.45. The molecule has 3 heterocycles. The highest BCUT2D eigenvalue weighted by molar-refractivity contribution is 6.05. The maximum absolute atomic E-state index is 14.5. The van der Waals surface area contributed by atoms with Crippen LogP contribution in [-0.2, 0) is 19.1 Å². The van der Waals surface area contributed by atoms with Crippen LogP contribution in [0.15, 0.2) is 49.6 Å². The van der Waals surface area contributed by atoms with Crippen molar-refractivity contribution in [2.45, 2.75) is 63.3 Å². The van der Waals surface area contributed by atoms with Crippen LogP contribution in [-0.4, -0.2) is 89.8 Å². The molecule has 1 spiro atoms. The minimum Gasteiger partial charge on any atom is -0.497 e. The third kappa shape index (κ3) is 4.76. The molecule has 1 aromatic rings. The molecule has 9 nitrogen and oxygen atoms in total. The molecular weight excluding hydrogens is 498 g/mol. The molecule has 3 aliphatic heterocycles. The molecule has 1 N–H and O–H groups in total. The Morgan fingerprint density at radius 2 is 1.90 bits per heavy atom. The Hall–Kier alpha value is -3.17. The van der Waals surface area contributed by atoms with Crippen LogP contribution in [0, 0.1) is 11.8 Å². The Kier molecular flexibility index (Phi) is 8.81. The summed E-state index contributed by atoms with van der Waals surface area (Å²) in [4.78, 5) is 47.4. The second-order valence-electron chi connectivity index (χ2n) is 10.6. The van der Waals surface area contributed by atoms with Crippen LogP contribution in [0.25, 0.3) is 0 Å². The molecule has 39 heavy (non-hydrogen) atoms. The Bertz CT molecular complexity index is 1090. The van der Waals surface area contributed by atoms with Gasteiger partial charge in [0.05, 0.1) is 37.7 Å². The molecular formula is C30H41N3O6. The number of hydrogen-bond acceptors (Lipinski definition) is 6. The Morgan fingerprint density at radius 3 is 2.46 bits per heavy atom. The molecule has 3 aliphatic rings. The van der Waals surface area contributed by atoms with Gasteiger partial charge < -0.3 is 29.3 Å². The first kappa shape index (κ1) is 28.8. The first-order chi connectivity index (χ1) is 18.8. The van der Waals surface area contributed by atoms with E-state index in [4.69, 9.17) is 9.47 Å². The van der Waals surface area contributed by atoms with Crippen molar-refractivity contribution in [1.29, 1.82) is 0 Å². The van der Waals surface area contributed by atoms with Gasteiger partial charge in [-0.1, -0.05) is 26.0 Å². The van der Waals surface area contributed by atoms with E-state index in [0.29, 0.717) is 43.8 Å². The van der Waals surface area contributed by atoms with Crippen LogP contribution >= 0.6 is 0 Å². The molecule has 3 saturated heterocycles. The summed E-state index contributed by atoms with van der Waals surface area (Å²) < 4.78 is 11.9. The number of aliphatic hydroxyl groups is 1. The number of anilines is 1. The van der Waals surface area contributed by atoms with Gasteiger partial charge in [0.15, 0.2) is 0 Å². The highest BCUT2D eigenvalue weighted by Gasteiger charge is 2.75. The molecule has 3 fully saturated rings. The number of carbonyl (C=O) groups excluding carboxylic acids is 3. The molecule has 1 aromatic carbocycles. The Balaban J connectivity index is 1.78. The second-order valence-corrected chi connectivity index (χ2v) is 10.6. The van der Waals surface area contributed by atoms with Crippen LogP contribution in [0.4, 0.5) is 5.69 Å². The SMILES string of the molecule is C=CCN(CCC)C(=O)[C@@H]1[C@@H]2CCC3(O2)C(C(=O)N(CC=C)c2ccc(OC)cc2)N([C@@H](CC)CO)C(=O)[C@H]13. The largest absolute Gasteiger partial charge is 0.497 e. The lowest BCUT2D eigenvalue weighted by Crippen LogP contribution is -2.59. The second kappa shape index (κ2) is 11.9. The van der Waals surface area contributed by atoms with E-state index in [0.717, 1.165) is 6.42 Å². The highest BCUT2D eigenvalue weighted by Crippen LogP contribution is 2.59. The first-order valence-corrected chi connectivity index (χ1v) is 13.9. The molecule has 212 valence electrons. The molecule has 4 rings (SSSR count). The fraction of sp³-hybridized carbons (Fsp3) is 0.567. The predicted octanol–water partition coefficient (Wildman–Crippen LogP) is 2.78. The van der Waals surface area contributed by atoms with Gasteiger partial charge in [-0.3, -0.25) is 14.4 Å². The molecule has 6 atom stereocenters. The van der Waals surface area contributed by atoms with E-state index in [1.54, 1.807) is 53.3 Å². The van der Waals surface area contributed by atoms with Crippen molar-refractivity contribution in [2.75, 3.05) is 38.3 Å². The lowest BCUT2D eigenvalue weighted by Gasteiger charge is -2.39. The van der Waals surface area contributed by atoms with Gasteiger partial charge in [0, 0.05) is 25.3 Å². The number of amides is 3. The number of methoxy groups -OCH3 is 1. The number of fused-ring (bicyclic) bond motifs is 1. The third-order valence-electron chi connectivity index (χ3n) is 8.45. The highest BCUT2D eigenvalue weighted by atomic mass is 16.5. The average Bonchev–Trinajstić information content (AvgIpc) is 3.59. The standard InChI is InChI=1S/C30H41N3O6/c1-6-16-31(17-7-2)27(35)24-23-14-15-30(39-23)25(24)28(36)33(20(9-4)19-34)26(30)29(37)32(18-8-3)21-10-12-22(38-5)13-11-21/h6,8,10-13,20,23-26,34H,1,3,7,9,14-19H2,2,4-5H3/t20-,23-,24+,25-,26?,30?/m0/s1. The monoisotopic (exact) mass is 539 g/mol. The maximum Gasteiger partial charge on any atom is 0.253 e. The van der Waals surface area contributed by atoms with E-state index in [9.17, 15) is 19.5 Å². The topological polar surface area (TPSA) is 99.6 Å². The van der Waals surface area contributed by atoms with Gasteiger partial charge in [-0.05, 0) is 49.9 Å². The summed E-state index contributed by atoms with van der Waals surface area (Å²) in [5, 5.41) is 10.3. The summed E-state index contributed by atoms with van der Waals surface area (Å²) in [6, 6.07) is 5.57. The Labute approximate surface area is 231 Å². The molecule has 2 bridgehead atoms. The van der Waals surface area contributed by atoms with Crippen molar-refractivity contribution < 1.29 is 29.0 Å². The van der Waals surface area contributed by atoms with E-state index in [1.807, 2.05) is 13.8 Å². The van der Waals surface area contributed by atoms with Gasteiger partial charge in [-0.15, -0.1) is 13.2 Å². The zero-order valence-corrected chi connectivity index (χ0v) is 23.3. The van der Waals surface area contributed by atoms with Gasteiger partial charge >= 0.3 is 0 Å². The van der Waals surface area contributed by atoms with Crippen molar-refractivity contribution in [2.24, 2.45) is 11.8 Å². The summed E-state index contributed by atoms with van der Waals surface area (Å²) in [7, 11) is 1.57. The maximum atomic E-state index is 14.5. The van der Waals surface area contributed by atoms with Crippen LogP contribution in [0.2, 0.25) is 0 Å². The van der Waals surface area contributed by atoms with Crippen molar-refractivity contribution in [3.05, 3.63) is 49.6 Å².